The van der Waals surface area contributed by atoms with E-state index in [0.717, 1.165) is 10.9 Å². The van der Waals surface area contributed by atoms with Crippen LogP contribution < -0.4 is 14.2 Å². The molecule has 0 bridgehead atoms. The molecule has 9 nitrogen and oxygen atoms in total. The van der Waals surface area contributed by atoms with E-state index in [-0.39, 0.29) is 12.1 Å². The van der Waals surface area contributed by atoms with Gasteiger partial charge < -0.3 is 23.7 Å². The predicted molar refractivity (Wildman–Crippen MR) is 131 cm³/mol. The minimum Gasteiger partial charge on any atom is -0.493 e. The van der Waals surface area contributed by atoms with Gasteiger partial charge in [-0.25, -0.2) is 14.6 Å². The topological polar surface area (TPSA) is 106 Å². The number of aliphatic imine (C=N–C) groups is 1. The number of carbonyl (C=O) groups is 2. The number of fused-ring (bicyclic) bond motifs is 1. The molecule has 0 saturated carbocycles. The van der Waals surface area contributed by atoms with E-state index in [9.17, 15) is 9.59 Å². The zero-order valence-corrected chi connectivity index (χ0v) is 20.6. The molecule has 3 rings (SSSR count). The maximum absolute atomic E-state index is 12.2. The zero-order valence-electron chi connectivity index (χ0n) is 20.6. The van der Waals surface area contributed by atoms with E-state index in [1.807, 2.05) is 12.1 Å². The summed E-state index contributed by atoms with van der Waals surface area (Å²) in [5.74, 6) is 1.10. The average Bonchev–Trinajstić information content (AvgIpc) is 2.82. The van der Waals surface area contributed by atoms with Crippen molar-refractivity contribution in [1.29, 1.82) is 0 Å². The maximum Gasteiger partial charge on any atom is 0.434 e. The highest BCUT2D eigenvalue weighted by Crippen LogP contribution is 2.39. The highest BCUT2D eigenvalue weighted by atomic mass is 16.6. The molecule has 0 N–H and O–H groups in total. The first-order valence-corrected chi connectivity index (χ1v) is 10.8. The fourth-order valence-electron chi connectivity index (χ4n) is 3.21. The number of nitrogens with zero attached hydrogens (tertiary/aromatic N) is 2. The van der Waals surface area contributed by atoms with Crippen LogP contribution in [-0.4, -0.2) is 49.7 Å². The highest BCUT2D eigenvalue weighted by molar-refractivity contribution is 6.38. The second-order valence-corrected chi connectivity index (χ2v) is 8.48. The van der Waals surface area contributed by atoms with Gasteiger partial charge in [0.25, 0.3) is 0 Å². The van der Waals surface area contributed by atoms with Gasteiger partial charge in [0.15, 0.2) is 11.5 Å². The molecule has 0 fully saturated rings. The normalized spacial score (nSPS) is 11.7. The number of methoxy groups -OCH3 is 3. The molecule has 3 aromatic rings. The lowest BCUT2D eigenvalue weighted by Gasteiger charge is -2.17. The number of ether oxygens (including phenoxy) is 5. The molecule has 0 aliphatic carbocycles. The molecule has 0 radical (unpaired) electrons. The molecule has 0 atom stereocenters. The molecule has 1 aromatic heterocycles. The van der Waals surface area contributed by atoms with Crippen molar-refractivity contribution in [3.63, 3.8) is 0 Å². The molecule has 184 valence electrons. The third-order valence-electron chi connectivity index (χ3n) is 4.73. The van der Waals surface area contributed by atoms with Gasteiger partial charge in [-0.1, -0.05) is 12.1 Å². The Balaban J connectivity index is 1.86. The lowest BCUT2D eigenvalue weighted by atomic mass is 10.1. The third kappa shape index (κ3) is 6.69. The van der Waals surface area contributed by atoms with Crippen LogP contribution in [0.25, 0.3) is 10.9 Å². The molecular weight excluding hydrogens is 452 g/mol. The van der Waals surface area contributed by atoms with E-state index in [1.54, 1.807) is 71.4 Å². The largest absolute Gasteiger partial charge is 0.493 e. The second-order valence-electron chi connectivity index (χ2n) is 8.48. The molecule has 0 aliphatic heterocycles. The Morgan fingerprint density at radius 2 is 1.63 bits per heavy atom. The van der Waals surface area contributed by atoms with Crippen LogP contribution in [0.3, 0.4) is 0 Å². The Labute approximate surface area is 203 Å². The molecule has 9 heteroatoms. The lowest BCUT2D eigenvalue weighted by molar-refractivity contribution is -0.132. The van der Waals surface area contributed by atoms with Crippen molar-refractivity contribution in [1.82, 2.24) is 4.98 Å². The number of hydrogen-bond acceptors (Lipinski definition) is 8. The average molecular weight is 481 g/mol. The van der Waals surface area contributed by atoms with Gasteiger partial charge in [-0.3, -0.25) is 0 Å². The number of rotatable bonds is 7. The van der Waals surface area contributed by atoms with Crippen molar-refractivity contribution in [3.05, 3.63) is 54.1 Å². The van der Waals surface area contributed by atoms with Gasteiger partial charge in [0, 0.05) is 17.9 Å². The van der Waals surface area contributed by atoms with Gasteiger partial charge in [-0.05, 0) is 56.7 Å². The van der Waals surface area contributed by atoms with Crippen LogP contribution in [0.1, 0.15) is 26.3 Å². The van der Waals surface area contributed by atoms with Gasteiger partial charge in [0.1, 0.15) is 11.3 Å². The fraction of sp³-hybridized carbons (Fsp3) is 0.308. The first-order valence-electron chi connectivity index (χ1n) is 10.8. The summed E-state index contributed by atoms with van der Waals surface area (Å²) in [6.45, 7) is 5.16. The van der Waals surface area contributed by atoms with Crippen molar-refractivity contribution in [2.24, 2.45) is 4.99 Å². The number of para-hydroxylation sites is 1. The third-order valence-corrected chi connectivity index (χ3v) is 4.73. The SMILES string of the molecule is COC(=O)C(Cc1ccc2nc(Oc3c(OC)cccc3OC)ccc2c1)=NC(=O)OC(C)(C)C. The Morgan fingerprint density at radius 1 is 0.943 bits per heavy atom. The number of pyridine rings is 1. The monoisotopic (exact) mass is 480 g/mol. The Hall–Kier alpha value is -4.14. The standard InChI is InChI=1S/C26H28N2O7/c1-26(2,3)35-25(30)28-19(24(29)33-6)15-16-10-12-18-17(14-16)11-13-22(27-18)34-23-20(31-4)8-7-9-21(23)32-5/h7-14H,15H2,1-6H3. The van der Waals surface area contributed by atoms with Crippen LogP contribution in [0.4, 0.5) is 4.79 Å². The highest BCUT2D eigenvalue weighted by Gasteiger charge is 2.20. The van der Waals surface area contributed by atoms with E-state index in [0.29, 0.717) is 28.6 Å². The Bertz CT molecular complexity index is 1240. The minimum absolute atomic E-state index is 0.0581. The number of carbonyl (C=O) groups excluding carboxylic acids is 2. The van der Waals surface area contributed by atoms with E-state index < -0.39 is 17.7 Å². The van der Waals surface area contributed by atoms with Gasteiger partial charge in [-0.2, -0.15) is 4.99 Å². The Kier molecular flexibility index (Phi) is 7.91. The summed E-state index contributed by atoms with van der Waals surface area (Å²) in [6.07, 6.45) is -0.771. The van der Waals surface area contributed by atoms with E-state index in [2.05, 4.69) is 9.98 Å². The Morgan fingerprint density at radius 3 is 2.23 bits per heavy atom. The molecule has 0 spiro atoms. The smallest absolute Gasteiger partial charge is 0.434 e. The fourth-order valence-corrected chi connectivity index (χ4v) is 3.21. The van der Waals surface area contributed by atoms with Crippen molar-refractivity contribution in [2.45, 2.75) is 32.8 Å². The quantitative estimate of drug-likeness (QED) is 0.338. The molecule has 35 heavy (non-hydrogen) atoms. The maximum atomic E-state index is 12.2. The summed E-state index contributed by atoms with van der Waals surface area (Å²) in [4.78, 5) is 32.7. The summed E-state index contributed by atoms with van der Waals surface area (Å²) < 4.78 is 26.7. The van der Waals surface area contributed by atoms with Gasteiger partial charge in [0.05, 0.1) is 26.8 Å². The van der Waals surface area contributed by atoms with Gasteiger partial charge >= 0.3 is 12.1 Å². The van der Waals surface area contributed by atoms with Crippen molar-refractivity contribution >= 4 is 28.7 Å². The first-order chi connectivity index (χ1) is 16.6. The van der Waals surface area contributed by atoms with Gasteiger partial charge in [0.2, 0.25) is 11.6 Å². The number of amides is 1. The lowest BCUT2D eigenvalue weighted by Crippen LogP contribution is -2.25. The van der Waals surface area contributed by atoms with E-state index in [1.165, 1.54) is 7.11 Å². The van der Waals surface area contributed by atoms with Crippen LogP contribution in [0, 0.1) is 0 Å². The summed E-state index contributed by atoms with van der Waals surface area (Å²) in [5.41, 5.74) is 0.623. The molecule has 0 unspecified atom stereocenters. The molecule has 1 heterocycles. The van der Waals surface area contributed by atoms with E-state index in [4.69, 9.17) is 23.7 Å². The zero-order chi connectivity index (χ0) is 25.6. The van der Waals surface area contributed by atoms with Crippen LogP contribution in [-0.2, 0) is 20.7 Å². The predicted octanol–water partition coefficient (Wildman–Crippen LogP) is 5.14. The number of esters is 1. The molecule has 0 aliphatic rings. The minimum atomic E-state index is -0.853. The second kappa shape index (κ2) is 10.9. The summed E-state index contributed by atoms with van der Waals surface area (Å²) in [5, 5.41) is 0.809. The number of benzene rings is 2. The summed E-state index contributed by atoms with van der Waals surface area (Å²) in [7, 11) is 4.33. The molecule has 1 amide bonds. The molecular formula is C26H28N2O7. The van der Waals surface area contributed by atoms with E-state index >= 15 is 0 Å². The van der Waals surface area contributed by atoms with Crippen molar-refractivity contribution in [3.8, 4) is 23.1 Å². The van der Waals surface area contributed by atoms with Crippen LogP contribution in [0.5, 0.6) is 23.1 Å². The molecule has 2 aromatic carbocycles. The summed E-state index contributed by atoms with van der Waals surface area (Å²) in [6, 6.07) is 14.3. The van der Waals surface area contributed by atoms with Crippen molar-refractivity contribution < 1.29 is 33.3 Å². The van der Waals surface area contributed by atoms with Crippen LogP contribution in [0.2, 0.25) is 0 Å². The number of aromatic nitrogens is 1. The molecule has 0 saturated heterocycles. The van der Waals surface area contributed by atoms with Gasteiger partial charge in [-0.15, -0.1) is 0 Å². The summed E-state index contributed by atoms with van der Waals surface area (Å²) >= 11 is 0. The van der Waals surface area contributed by atoms with Crippen LogP contribution in [0.15, 0.2) is 53.5 Å². The van der Waals surface area contributed by atoms with Crippen LogP contribution >= 0.6 is 0 Å². The first kappa shape index (κ1) is 25.5. The van der Waals surface area contributed by atoms with Crippen molar-refractivity contribution in [2.75, 3.05) is 21.3 Å². The number of hydrogen-bond donors (Lipinski definition) is 0.